The van der Waals surface area contributed by atoms with E-state index >= 15 is 0 Å². The van der Waals surface area contributed by atoms with Crippen LogP contribution < -0.4 is 10.6 Å². The highest BCUT2D eigenvalue weighted by Crippen LogP contribution is 1.98. The van der Waals surface area contributed by atoms with Crippen molar-refractivity contribution in [2.75, 3.05) is 13.1 Å². The van der Waals surface area contributed by atoms with Gasteiger partial charge in [-0.15, -0.1) is 0 Å². The summed E-state index contributed by atoms with van der Waals surface area (Å²) in [7, 11) is 0. The monoisotopic (exact) mass is 156 g/mol. The third kappa shape index (κ3) is 2.60. The SMILES string of the molecule is CC(C)NCC1NCCC1=O. The van der Waals surface area contributed by atoms with E-state index in [-0.39, 0.29) is 6.04 Å². The molecule has 0 amide bonds. The predicted octanol–water partition coefficient (Wildman–Crippen LogP) is -0.0846. The maximum absolute atomic E-state index is 11.1. The molecule has 1 atom stereocenters. The fourth-order valence-electron chi connectivity index (χ4n) is 1.20. The quantitative estimate of drug-likeness (QED) is 0.600. The Morgan fingerprint density at radius 2 is 2.45 bits per heavy atom. The van der Waals surface area contributed by atoms with Gasteiger partial charge in [-0.2, -0.15) is 0 Å². The summed E-state index contributed by atoms with van der Waals surface area (Å²) in [5.74, 6) is 0.346. The molecule has 2 N–H and O–H groups in total. The fraction of sp³-hybridized carbons (Fsp3) is 0.875. The molecule has 0 aromatic rings. The molecule has 3 heteroatoms. The number of ketones is 1. The van der Waals surface area contributed by atoms with Gasteiger partial charge in [0.05, 0.1) is 6.04 Å². The summed E-state index contributed by atoms with van der Waals surface area (Å²) in [4.78, 5) is 11.1. The first-order chi connectivity index (χ1) is 5.20. The molecule has 1 heterocycles. The van der Waals surface area contributed by atoms with Crippen LogP contribution in [0.25, 0.3) is 0 Å². The van der Waals surface area contributed by atoms with Crippen LogP contribution in [0, 0.1) is 0 Å². The molecule has 1 aliphatic rings. The number of hydrogen-bond acceptors (Lipinski definition) is 3. The summed E-state index contributed by atoms with van der Waals surface area (Å²) < 4.78 is 0. The lowest BCUT2D eigenvalue weighted by Crippen LogP contribution is -2.40. The number of carbonyl (C=O) groups excluding carboxylic acids is 1. The minimum Gasteiger partial charge on any atom is -0.313 e. The van der Waals surface area contributed by atoms with Crippen LogP contribution in [0.5, 0.6) is 0 Å². The van der Waals surface area contributed by atoms with Gasteiger partial charge in [-0.05, 0) is 0 Å². The Kier molecular flexibility index (Phi) is 3.02. The minimum atomic E-state index is 0.0670. The van der Waals surface area contributed by atoms with Crippen molar-refractivity contribution < 1.29 is 4.79 Å². The van der Waals surface area contributed by atoms with E-state index in [0.29, 0.717) is 18.2 Å². The van der Waals surface area contributed by atoms with Gasteiger partial charge in [0.2, 0.25) is 0 Å². The van der Waals surface area contributed by atoms with E-state index in [1.165, 1.54) is 0 Å². The standard InChI is InChI=1S/C8H16N2O/c1-6(2)10-5-7-8(11)3-4-9-7/h6-7,9-10H,3-5H2,1-2H3. The molecular formula is C8H16N2O. The first-order valence-electron chi connectivity index (χ1n) is 4.19. The van der Waals surface area contributed by atoms with E-state index < -0.39 is 0 Å². The summed E-state index contributed by atoms with van der Waals surface area (Å²) >= 11 is 0. The van der Waals surface area contributed by atoms with Crippen molar-refractivity contribution in [1.82, 2.24) is 10.6 Å². The maximum Gasteiger partial charge on any atom is 0.152 e. The molecule has 0 aliphatic carbocycles. The van der Waals surface area contributed by atoms with Gasteiger partial charge in [-0.3, -0.25) is 4.79 Å². The van der Waals surface area contributed by atoms with Crippen LogP contribution in [-0.2, 0) is 4.79 Å². The molecular weight excluding hydrogens is 140 g/mol. The molecule has 0 bridgehead atoms. The predicted molar refractivity (Wildman–Crippen MR) is 44.6 cm³/mol. The van der Waals surface area contributed by atoms with E-state index in [2.05, 4.69) is 24.5 Å². The van der Waals surface area contributed by atoms with Gasteiger partial charge in [-0.1, -0.05) is 13.8 Å². The number of rotatable bonds is 3. The van der Waals surface area contributed by atoms with Gasteiger partial charge in [-0.25, -0.2) is 0 Å². The summed E-state index contributed by atoms with van der Waals surface area (Å²) in [5, 5.41) is 6.38. The van der Waals surface area contributed by atoms with Crippen molar-refractivity contribution in [3.63, 3.8) is 0 Å². The Balaban J connectivity index is 2.20. The average molecular weight is 156 g/mol. The van der Waals surface area contributed by atoms with Gasteiger partial charge >= 0.3 is 0 Å². The molecule has 3 nitrogen and oxygen atoms in total. The molecule has 0 spiro atoms. The molecule has 0 aromatic carbocycles. The normalized spacial score (nSPS) is 25.0. The Hall–Kier alpha value is -0.410. The molecule has 11 heavy (non-hydrogen) atoms. The van der Waals surface area contributed by atoms with E-state index in [1.807, 2.05) is 0 Å². The molecule has 0 radical (unpaired) electrons. The third-order valence-electron chi connectivity index (χ3n) is 1.88. The first kappa shape index (κ1) is 8.68. The second-order valence-electron chi connectivity index (χ2n) is 3.29. The molecule has 1 fully saturated rings. The van der Waals surface area contributed by atoms with Crippen molar-refractivity contribution in [3.05, 3.63) is 0 Å². The molecule has 1 saturated heterocycles. The van der Waals surface area contributed by atoms with Crippen molar-refractivity contribution in [2.24, 2.45) is 0 Å². The van der Waals surface area contributed by atoms with Crippen LogP contribution in [0.1, 0.15) is 20.3 Å². The van der Waals surface area contributed by atoms with Gasteiger partial charge in [0.15, 0.2) is 5.78 Å². The van der Waals surface area contributed by atoms with E-state index in [1.54, 1.807) is 0 Å². The number of Topliss-reactive ketones (excluding diaryl/α,β-unsaturated/α-hetero) is 1. The molecule has 64 valence electrons. The van der Waals surface area contributed by atoms with Crippen LogP contribution in [0.4, 0.5) is 0 Å². The van der Waals surface area contributed by atoms with Gasteiger partial charge in [0.25, 0.3) is 0 Å². The van der Waals surface area contributed by atoms with Crippen LogP contribution in [0.3, 0.4) is 0 Å². The lowest BCUT2D eigenvalue weighted by molar-refractivity contribution is -0.118. The number of carbonyl (C=O) groups is 1. The molecule has 1 unspecified atom stereocenters. The second kappa shape index (κ2) is 3.83. The molecule has 1 rings (SSSR count). The zero-order valence-electron chi connectivity index (χ0n) is 7.18. The largest absolute Gasteiger partial charge is 0.313 e. The zero-order chi connectivity index (χ0) is 8.27. The van der Waals surface area contributed by atoms with Crippen molar-refractivity contribution in [3.8, 4) is 0 Å². The van der Waals surface area contributed by atoms with Crippen molar-refractivity contribution >= 4 is 5.78 Å². The summed E-state index contributed by atoms with van der Waals surface area (Å²) in [6.07, 6.45) is 0.699. The van der Waals surface area contributed by atoms with Crippen molar-refractivity contribution in [2.45, 2.75) is 32.4 Å². The summed E-state index contributed by atoms with van der Waals surface area (Å²) in [5.41, 5.74) is 0. The average Bonchev–Trinajstić information content (AvgIpc) is 2.31. The highest BCUT2D eigenvalue weighted by molar-refractivity contribution is 5.86. The topological polar surface area (TPSA) is 41.1 Å². The first-order valence-corrected chi connectivity index (χ1v) is 4.19. The van der Waals surface area contributed by atoms with Crippen LogP contribution in [0.2, 0.25) is 0 Å². The van der Waals surface area contributed by atoms with Crippen LogP contribution in [0.15, 0.2) is 0 Å². The minimum absolute atomic E-state index is 0.0670. The van der Waals surface area contributed by atoms with Gasteiger partial charge < -0.3 is 10.6 Å². The molecule has 0 saturated carbocycles. The molecule has 0 aromatic heterocycles. The zero-order valence-corrected chi connectivity index (χ0v) is 7.18. The van der Waals surface area contributed by atoms with E-state index in [9.17, 15) is 4.79 Å². The van der Waals surface area contributed by atoms with Crippen molar-refractivity contribution in [1.29, 1.82) is 0 Å². The van der Waals surface area contributed by atoms with Crippen LogP contribution >= 0.6 is 0 Å². The Bertz CT molecular complexity index is 145. The second-order valence-corrected chi connectivity index (χ2v) is 3.29. The highest BCUT2D eigenvalue weighted by atomic mass is 16.1. The van der Waals surface area contributed by atoms with E-state index in [0.717, 1.165) is 13.1 Å². The Labute approximate surface area is 67.5 Å². The fourth-order valence-corrected chi connectivity index (χ4v) is 1.20. The van der Waals surface area contributed by atoms with Gasteiger partial charge in [0.1, 0.15) is 0 Å². The van der Waals surface area contributed by atoms with E-state index in [4.69, 9.17) is 0 Å². The highest BCUT2D eigenvalue weighted by Gasteiger charge is 2.22. The maximum atomic E-state index is 11.1. The Morgan fingerprint density at radius 3 is 2.91 bits per heavy atom. The number of nitrogens with one attached hydrogen (secondary N) is 2. The smallest absolute Gasteiger partial charge is 0.152 e. The molecule has 1 aliphatic heterocycles. The summed E-state index contributed by atoms with van der Waals surface area (Å²) in [6.45, 7) is 5.79. The van der Waals surface area contributed by atoms with Crippen LogP contribution in [-0.4, -0.2) is 31.0 Å². The third-order valence-corrected chi connectivity index (χ3v) is 1.88. The summed E-state index contributed by atoms with van der Waals surface area (Å²) in [6, 6.07) is 0.530. The number of hydrogen-bond donors (Lipinski definition) is 2. The Morgan fingerprint density at radius 1 is 1.73 bits per heavy atom. The lowest BCUT2D eigenvalue weighted by atomic mass is 10.2. The lowest BCUT2D eigenvalue weighted by Gasteiger charge is -2.12. The van der Waals surface area contributed by atoms with Gasteiger partial charge in [0, 0.05) is 25.6 Å².